The molecule has 0 bridgehead atoms. The number of halogens is 1. The normalized spacial score (nSPS) is 12.2. The van der Waals surface area contributed by atoms with E-state index in [2.05, 4.69) is 0 Å². The van der Waals surface area contributed by atoms with E-state index in [0.717, 1.165) is 0 Å². The SMILES string of the molecule is CCN(c1ccc(F)cc1)C(C)C(=O)O. The van der Waals surface area contributed by atoms with Gasteiger partial charge in [0.25, 0.3) is 0 Å². The molecular formula is C11H14FNO2. The molecule has 0 aliphatic heterocycles. The maximum atomic E-state index is 12.7. The van der Waals surface area contributed by atoms with Crippen LogP contribution in [0.5, 0.6) is 0 Å². The number of anilines is 1. The number of aliphatic carboxylic acids is 1. The molecular weight excluding hydrogens is 197 g/mol. The van der Waals surface area contributed by atoms with Crippen molar-refractivity contribution in [3.05, 3.63) is 30.1 Å². The number of carboxylic acid groups (broad SMARTS) is 1. The molecule has 1 aromatic carbocycles. The Hall–Kier alpha value is -1.58. The van der Waals surface area contributed by atoms with Gasteiger partial charge < -0.3 is 10.0 Å². The quantitative estimate of drug-likeness (QED) is 0.829. The summed E-state index contributed by atoms with van der Waals surface area (Å²) in [5, 5.41) is 8.88. The first kappa shape index (κ1) is 11.5. The topological polar surface area (TPSA) is 40.5 Å². The standard InChI is InChI=1S/C11H14FNO2/c1-3-13(8(2)11(14)15)10-6-4-9(12)5-7-10/h4-8H,3H2,1-2H3,(H,14,15). The highest BCUT2D eigenvalue weighted by Gasteiger charge is 2.19. The van der Waals surface area contributed by atoms with Gasteiger partial charge in [0.2, 0.25) is 0 Å². The molecule has 15 heavy (non-hydrogen) atoms. The van der Waals surface area contributed by atoms with Crippen LogP contribution < -0.4 is 4.90 Å². The van der Waals surface area contributed by atoms with E-state index in [4.69, 9.17) is 5.11 Å². The highest BCUT2D eigenvalue weighted by atomic mass is 19.1. The molecule has 0 aromatic heterocycles. The summed E-state index contributed by atoms with van der Waals surface area (Å²) in [6.07, 6.45) is 0. The maximum absolute atomic E-state index is 12.7. The second-order valence-corrected chi connectivity index (χ2v) is 3.28. The second-order valence-electron chi connectivity index (χ2n) is 3.28. The van der Waals surface area contributed by atoms with Gasteiger partial charge in [0.15, 0.2) is 0 Å². The molecule has 4 heteroatoms. The molecule has 0 aliphatic carbocycles. The fourth-order valence-corrected chi connectivity index (χ4v) is 1.45. The Labute approximate surface area is 88.1 Å². The summed E-state index contributed by atoms with van der Waals surface area (Å²) in [6.45, 7) is 4.04. The average Bonchev–Trinajstić information content (AvgIpc) is 2.21. The zero-order valence-electron chi connectivity index (χ0n) is 8.77. The van der Waals surface area contributed by atoms with Gasteiger partial charge in [-0.15, -0.1) is 0 Å². The minimum absolute atomic E-state index is 0.321. The molecule has 1 rings (SSSR count). The number of carboxylic acids is 1. The van der Waals surface area contributed by atoms with Crippen molar-refractivity contribution in [3.63, 3.8) is 0 Å². The van der Waals surface area contributed by atoms with Crippen molar-refractivity contribution in [1.29, 1.82) is 0 Å². The number of hydrogen-bond acceptors (Lipinski definition) is 2. The van der Waals surface area contributed by atoms with Crippen LogP contribution in [0.25, 0.3) is 0 Å². The molecule has 0 radical (unpaired) electrons. The summed E-state index contributed by atoms with van der Waals surface area (Å²) in [5.41, 5.74) is 0.716. The van der Waals surface area contributed by atoms with E-state index in [-0.39, 0.29) is 5.82 Å². The van der Waals surface area contributed by atoms with Gasteiger partial charge in [-0.1, -0.05) is 0 Å². The predicted molar refractivity (Wildman–Crippen MR) is 56.5 cm³/mol. The number of benzene rings is 1. The highest BCUT2D eigenvalue weighted by Crippen LogP contribution is 2.17. The van der Waals surface area contributed by atoms with Crippen molar-refractivity contribution >= 4 is 11.7 Å². The molecule has 0 aliphatic rings. The summed E-state index contributed by atoms with van der Waals surface area (Å²) in [6, 6.07) is 5.20. The minimum Gasteiger partial charge on any atom is -0.480 e. The first-order chi connectivity index (χ1) is 7.06. The zero-order valence-corrected chi connectivity index (χ0v) is 8.77. The maximum Gasteiger partial charge on any atom is 0.326 e. The van der Waals surface area contributed by atoms with Gasteiger partial charge in [-0.3, -0.25) is 0 Å². The molecule has 1 atom stereocenters. The van der Waals surface area contributed by atoms with Gasteiger partial charge in [-0.2, -0.15) is 0 Å². The summed E-state index contributed by atoms with van der Waals surface area (Å²) in [5.74, 6) is -1.21. The van der Waals surface area contributed by atoms with E-state index in [9.17, 15) is 9.18 Å². The lowest BCUT2D eigenvalue weighted by Gasteiger charge is -2.27. The Morgan fingerprint density at radius 2 is 2.00 bits per heavy atom. The molecule has 0 amide bonds. The Kier molecular flexibility index (Phi) is 3.66. The largest absolute Gasteiger partial charge is 0.480 e. The smallest absolute Gasteiger partial charge is 0.326 e. The fourth-order valence-electron chi connectivity index (χ4n) is 1.45. The van der Waals surface area contributed by atoms with Gasteiger partial charge in [0.1, 0.15) is 11.9 Å². The Morgan fingerprint density at radius 3 is 2.40 bits per heavy atom. The number of nitrogens with zero attached hydrogens (tertiary/aromatic N) is 1. The van der Waals surface area contributed by atoms with Crippen LogP contribution in [0.4, 0.5) is 10.1 Å². The number of hydrogen-bond donors (Lipinski definition) is 1. The second kappa shape index (κ2) is 4.77. The first-order valence-corrected chi connectivity index (χ1v) is 4.81. The van der Waals surface area contributed by atoms with Crippen LogP contribution >= 0.6 is 0 Å². The van der Waals surface area contributed by atoms with E-state index >= 15 is 0 Å². The number of rotatable bonds is 4. The van der Waals surface area contributed by atoms with Crippen molar-refractivity contribution in [3.8, 4) is 0 Å². The van der Waals surface area contributed by atoms with E-state index in [1.54, 1.807) is 24.0 Å². The van der Waals surface area contributed by atoms with Gasteiger partial charge in [-0.25, -0.2) is 9.18 Å². The van der Waals surface area contributed by atoms with Gasteiger partial charge in [0, 0.05) is 12.2 Å². The summed E-state index contributed by atoms with van der Waals surface area (Å²) < 4.78 is 12.7. The zero-order chi connectivity index (χ0) is 11.4. The van der Waals surface area contributed by atoms with E-state index in [1.807, 2.05) is 6.92 Å². The Balaban J connectivity index is 2.92. The van der Waals surface area contributed by atoms with Crippen LogP contribution in [0.15, 0.2) is 24.3 Å². The molecule has 3 nitrogen and oxygen atoms in total. The van der Waals surface area contributed by atoms with Crippen LogP contribution in [0.3, 0.4) is 0 Å². The molecule has 0 saturated carbocycles. The molecule has 0 fully saturated rings. The summed E-state index contributed by atoms with van der Waals surface area (Å²) in [4.78, 5) is 12.5. The molecule has 0 heterocycles. The molecule has 1 aromatic rings. The number of carbonyl (C=O) groups is 1. The minimum atomic E-state index is -0.888. The summed E-state index contributed by atoms with van der Waals surface area (Å²) in [7, 11) is 0. The lowest BCUT2D eigenvalue weighted by molar-refractivity contribution is -0.138. The van der Waals surface area contributed by atoms with Crippen LogP contribution in [0, 0.1) is 5.82 Å². The predicted octanol–water partition coefficient (Wildman–Crippen LogP) is 2.13. The van der Waals surface area contributed by atoms with Crippen LogP contribution in [0.2, 0.25) is 0 Å². The van der Waals surface area contributed by atoms with Gasteiger partial charge >= 0.3 is 5.97 Å². The fraction of sp³-hybridized carbons (Fsp3) is 0.364. The molecule has 1 unspecified atom stereocenters. The first-order valence-electron chi connectivity index (χ1n) is 4.81. The molecule has 0 saturated heterocycles. The average molecular weight is 211 g/mol. The van der Waals surface area contributed by atoms with E-state index in [0.29, 0.717) is 12.2 Å². The third-order valence-corrected chi connectivity index (χ3v) is 2.32. The van der Waals surface area contributed by atoms with Crippen molar-refractivity contribution in [2.45, 2.75) is 19.9 Å². The Morgan fingerprint density at radius 1 is 1.47 bits per heavy atom. The van der Waals surface area contributed by atoms with Crippen LogP contribution in [-0.4, -0.2) is 23.7 Å². The van der Waals surface area contributed by atoms with Crippen LogP contribution in [-0.2, 0) is 4.79 Å². The third kappa shape index (κ3) is 2.68. The van der Waals surface area contributed by atoms with Crippen LogP contribution in [0.1, 0.15) is 13.8 Å². The number of likely N-dealkylation sites (N-methyl/N-ethyl adjacent to an activating group) is 1. The summed E-state index contributed by atoms with van der Waals surface area (Å²) >= 11 is 0. The highest BCUT2D eigenvalue weighted by molar-refractivity contribution is 5.77. The van der Waals surface area contributed by atoms with Gasteiger partial charge in [0.05, 0.1) is 0 Å². The van der Waals surface area contributed by atoms with Crippen molar-refractivity contribution in [1.82, 2.24) is 0 Å². The van der Waals surface area contributed by atoms with Crippen molar-refractivity contribution < 1.29 is 14.3 Å². The van der Waals surface area contributed by atoms with Gasteiger partial charge in [-0.05, 0) is 38.1 Å². The molecule has 82 valence electrons. The van der Waals surface area contributed by atoms with E-state index < -0.39 is 12.0 Å². The molecule has 0 spiro atoms. The lowest BCUT2D eigenvalue weighted by atomic mass is 10.2. The Bertz CT molecular complexity index is 337. The van der Waals surface area contributed by atoms with Crippen molar-refractivity contribution in [2.24, 2.45) is 0 Å². The van der Waals surface area contributed by atoms with Crippen molar-refractivity contribution in [2.75, 3.05) is 11.4 Å². The monoisotopic (exact) mass is 211 g/mol. The lowest BCUT2D eigenvalue weighted by Crippen LogP contribution is -2.38. The third-order valence-electron chi connectivity index (χ3n) is 2.32. The van der Waals surface area contributed by atoms with E-state index in [1.165, 1.54) is 12.1 Å². The molecule has 1 N–H and O–H groups in total.